The number of alkyl halides is 3. The van der Waals surface area contributed by atoms with Gasteiger partial charge in [-0.05, 0) is 35.9 Å². The van der Waals surface area contributed by atoms with Crippen LogP contribution in [0.1, 0.15) is 19.4 Å². The van der Waals surface area contributed by atoms with Crippen LogP contribution < -0.4 is 9.47 Å². The summed E-state index contributed by atoms with van der Waals surface area (Å²) in [6.45, 7) is 2.76. The molecule has 3 nitrogen and oxygen atoms in total. The van der Waals surface area contributed by atoms with Gasteiger partial charge in [-0.25, -0.2) is 0 Å². The number of methoxy groups -OCH3 is 1. The summed E-state index contributed by atoms with van der Waals surface area (Å²) in [4.78, 5) is 10.9. The van der Waals surface area contributed by atoms with Crippen molar-refractivity contribution in [3.05, 3.63) is 23.8 Å². The normalized spacial score (nSPS) is 12.9. The Hall–Kier alpha value is -1.37. The van der Waals surface area contributed by atoms with Crippen molar-refractivity contribution in [2.24, 2.45) is 0 Å². The molecule has 7 heteroatoms. The van der Waals surface area contributed by atoms with E-state index in [1.54, 1.807) is 12.1 Å². The summed E-state index contributed by atoms with van der Waals surface area (Å²) in [5.74, 6) is 0.0823. The van der Waals surface area contributed by atoms with Gasteiger partial charge in [0.15, 0.2) is 11.5 Å². The molecule has 1 aromatic carbocycles. The van der Waals surface area contributed by atoms with Crippen molar-refractivity contribution in [3.63, 3.8) is 0 Å². The van der Waals surface area contributed by atoms with E-state index in [4.69, 9.17) is 9.47 Å². The van der Waals surface area contributed by atoms with Crippen LogP contribution >= 0.6 is 11.8 Å². The molecule has 0 saturated heterocycles. The minimum Gasteiger partial charge on any atom is -0.493 e. The van der Waals surface area contributed by atoms with Crippen LogP contribution in [-0.4, -0.2) is 23.8 Å². The standard InChI is InChI=1S/C13H15F3O3S/c1-8(20-13(14,15)16)6-10-4-5-11(19-9(2)17)12(7-10)18-3/h4-5,7-8H,6H2,1-3H3. The van der Waals surface area contributed by atoms with E-state index in [1.807, 2.05) is 0 Å². The van der Waals surface area contributed by atoms with Crippen LogP contribution in [-0.2, 0) is 11.2 Å². The molecular formula is C13H15F3O3S. The van der Waals surface area contributed by atoms with E-state index < -0.39 is 16.7 Å². The zero-order valence-electron chi connectivity index (χ0n) is 11.3. The highest BCUT2D eigenvalue weighted by Gasteiger charge is 2.31. The summed E-state index contributed by atoms with van der Waals surface area (Å²) < 4.78 is 46.7. The molecule has 1 unspecified atom stereocenters. The van der Waals surface area contributed by atoms with Gasteiger partial charge in [-0.2, -0.15) is 13.2 Å². The molecule has 0 spiro atoms. The highest BCUT2D eigenvalue weighted by molar-refractivity contribution is 8.00. The van der Waals surface area contributed by atoms with Crippen LogP contribution in [0, 0.1) is 0 Å². The predicted octanol–water partition coefficient (Wildman–Crippen LogP) is 3.80. The maximum absolute atomic E-state index is 12.2. The Morgan fingerprint density at radius 1 is 1.35 bits per heavy atom. The lowest BCUT2D eigenvalue weighted by molar-refractivity contribution is -0.132. The largest absolute Gasteiger partial charge is 0.493 e. The number of thioether (sulfide) groups is 1. The van der Waals surface area contributed by atoms with Gasteiger partial charge in [0.25, 0.3) is 0 Å². The number of hydrogen-bond acceptors (Lipinski definition) is 4. The number of ether oxygens (including phenoxy) is 2. The quantitative estimate of drug-likeness (QED) is 0.612. The summed E-state index contributed by atoms with van der Waals surface area (Å²) in [5.41, 5.74) is -3.57. The third-order valence-corrected chi connectivity index (χ3v) is 3.18. The molecule has 1 atom stereocenters. The first-order valence-corrected chi connectivity index (χ1v) is 6.69. The fourth-order valence-corrected chi connectivity index (χ4v) is 2.41. The monoisotopic (exact) mass is 308 g/mol. The van der Waals surface area contributed by atoms with E-state index >= 15 is 0 Å². The predicted molar refractivity (Wildman–Crippen MR) is 71.1 cm³/mol. The minimum absolute atomic E-state index is 0.0463. The molecule has 0 aliphatic carbocycles. The van der Waals surface area contributed by atoms with E-state index in [1.165, 1.54) is 27.0 Å². The van der Waals surface area contributed by atoms with Crippen molar-refractivity contribution in [1.82, 2.24) is 0 Å². The van der Waals surface area contributed by atoms with E-state index in [9.17, 15) is 18.0 Å². The summed E-state index contributed by atoms with van der Waals surface area (Å²) in [6.07, 6.45) is 0.237. The van der Waals surface area contributed by atoms with Crippen molar-refractivity contribution in [1.29, 1.82) is 0 Å². The van der Waals surface area contributed by atoms with Gasteiger partial charge in [0.1, 0.15) is 0 Å². The van der Waals surface area contributed by atoms with Crippen molar-refractivity contribution in [2.45, 2.75) is 31.0 Å². The summed E-state index contributed by atoms with van der Waals surface area (Å²) >= 11 is -0.0463. The molecule has 0 aliphatic heterocycles. The smallest absolute Gasteiger partial charge is 0.442 e. The molecule has 20 heavy (non-hydrogen) atoms. The zero-order chi connectivity index (χ0) is 15.3. The average molecular weight is 308 g/mol. The Morgan fingerprint density at radius 2 is 2.00 bits per heavy atom. The van der Waals surface area contributed by atoms with Crippen LogP contribution in [0.5, 0.6) is 11.5 Å². The highest BCUT2D eigenvalue weighted by Crippen LogP contribution is 2.36. The molecule has 1 aromatic rings. The van der Waals surface area contributed by atoms with Crippen molar-refractivity contribution < 1.29 is 27.4 Å². The van der Waals surface area contributed by atoms with Gasteiger partial charge in [0.05, 0.1) is 7.11 Å². The molecule has 0 radical (unpaired) electrons. The first-order valence-electron chi connectivity index (χ1n) is 5.81. The molecule has 0 aromatic heterocycles. The Balaban J connectivity index is 2.80. The SMILES string of the molecule is COc1cc(CC(C)SC(F)(F)F)ccc1OC(C)=O. The van der Waals surface area contributed by atoms with Gasteiger partial charge in [-0.15, -0.1) is 0 Å². The molecule has 0 saturated carbocycles. The molecule has 1 rings (SSSR count). The first kappa shape index (κ1) is 16.7. The molecule has 0 amide bonds. The molecule has 0 heterocycles. The number of halogens is 3. The van der Waals surface area contributed by atoms with Crippen LogP contribution in [0.3, 0.4) is 0 Å². The van der Waals surface area contributed by atoms with Gasteiger partial charge < -0.3 is 9.47 Å². The maximum atomic E-state index is 12.2. The molecule has 112 valence electrons. The minimum atomic E-state index is -4.25. The number of rotatable bonds is 5. The fraction of sp³-hybridized carbons (Fsp3) is 0.462. The van der Waals surface area contributed by atoms with Gasteiger partial charge in [0, 0.05) is 12.2 Å². The second-order valence-electron chi connectivity index (χ2n) is 4.16. The lowest BCUT2D eigenvalue weighted by Gasteiger charge is -2.15. The van der Waals surface area contributed by atoms with E-state index in [2.05, 4.69) is 0 Å². The lowest BCUT2D eigenvalue weighted by Crippen LogP contribution is -2.11. The third-order valence-electron chi connectivity index (χ3n) is 2.34. The van der Waals surface area contributed by atoms with E-state index in [0.717, 1.165) is 0 Å². The maximum Gasteiger partial charge on any atom is 0.442 e. The van der Waals surface area contributed by atoms with Gasteiger partial charge >= 0.3 is 11.5 Å². The number of benzene rings is 1. The van der Waals surface area contributed by atoms with Crippen molar-refractivity contribution in [3.8, 4) is 11.5 Å². The van der Waals surface area contributed by atoms with Gasteiger partial charge in [-0.1, -0.05) is 13.0 Å². The summed E-state index contributed by atoms with van der Waals surface area (Å²) in [7, 11) is 1.40. The Morgan fingerprint density at radius 3 is 2.50 bits per heavy atom. The van der Waals surface area contributed by atoms with Crippen LogP contribution in [0.25, 0.3) is 0 Å². The number of carbonyl (C=O) groups is 1. The van der Waals surface area contributed by atoms with Gasteiger partial charge in [0.2, 0.25) is 0 Å². The number of esters is 1. The fourth-order valence-electron chi connectivity index (χ4n) is 1.68. The van der Waals surface area contributed by atoms with Crippen molar-refractivity contribution in [2.75, 3.05) is 7.11 Å². The highest BCUT2D eigenvalue weighted by atomic mass is 32.2. The molecule has 0 fully saturated rings. The second kappa shape index (κ2) is 6.88. The average Bonchev–Trinajstić information content (AvgIpc) is 2.27. The molecule has 0 aliphatic rings. The second-order valence-corrected chi connectivity index (χ2v) is 5.66. The topological polar surface area (TPSA) is 35.5 Å². The molecule has 0 N–H and O–H groups in total. The molecular weight excluding hydrogens is 293 g/mol. The summed E-state index contributed by atoms with van der Waals surface area (Å²) in [5, 5.41) is -0.612. The Labute approximate surface area is 119 Å². The lowest BCUT2D eigenvalue weighted by atomic mass is 10.1. The van der Waals surface area contributed by atoms with Crippen LogP contribution in [0.4, 0.5) is 13.2 Å². The number of hydrogen-bond donors (Lipinski definition) is 0. The summed E-state index contributed by atoms with van der Waals surface area (Å²) in [6, 6.07) is 4.71. The van der Waals surface area contributed by atoms with E-state index in [0.29, 0.717) is 11.3 Å². The van der Waals surface area contributed by atoms with Gasteiger partial charge in [-0.3, -0.25) is 4.79 Å². The van der Waals surface area contributed by atoms with E-state index in [-0.39, 0.29) is 23.9 Å². The molecule has 0 bridgehead atoms. The van der Waals surface area contributed by atoms with Crippen LogP contribution in [0.2, 0.25) is 0 Å². The Bertz CT molecular complexity index is 474. The number of carbonyl (C=O) groups excluding carboxylic acids is 1. The van der Waals surface area contributed by atoms with Crippen molar-refractivity contribution >= 4 is 17.7 Å². The first-order chi connectivity index (χ1) is 9.21. The zero-order valence-corrected chi connectivity index (χ0v) is 12.1. The Kier molecular flexibility index (Phi) is 5.74. The third kappa shape index (κ3) is 5.73. The van der Waals surface area contributed by atoms with Crippen LogP contribution in [0.15, 0.2) is 18.2 Å².